The number of hydrogen-bond donors (Lipinski definition) is 0. The van der Waals surface area contributed by atoms with Crippen LogP contribution >= 0.6 is 0 Å². The van der Waals surface area contributed by atoms with Crippen LogP contribution in [0.25, 0.3) is 0 Å². The molecule has 0 saturated heterocycles. The van der Waals surface area contributed by atoms with Gasteiger partial charge in [-0.15, -0.1) is 0 Å². The molecule has 5 heteroatoms. The Morgan fingerprint density at radius 1 is 0.383 bits per heavy atom. The molecule has 0 aliphatic carbocycles. The first-order valence-electron chi connectivity index (χ1n) is 25.8. The molecule has 0 spiro atoms. The molecule has 0 amide bonds. The van der Waals surface area contributed by atoms with Crippen LogP contribution in [0.5, 0.6) is 0 Å². The van der Waals surface area contributed by atoms with Gasteiger partial charge in [0, 0.05) is 19.4 Å². The SMILES string of the molecule is CC/C=C\C/C=C\C/C=C\C/C=C\C/C=C\CCCCCCOCC(COC(=O)CCCCCCCCCCCCCCC)OC(=O)CCCCCCCCCCCCC. The zero-order valence-corrected chi connectivity index (χ0v) is 40.0. The van der Waals surface area contributed by atoms with Crippen LogP contribution < -0.4 is 0 Å². The van der Waals surface area contributed by atoms with E-state index in [1.54, 1.807) is 0 Å². The van der Waals surface area contributed by atoms with E-state index in [2.05, 4.69) is 81.5 Å². The lowest BCUT2D eigenvalue weighted by Gasteiger charge is -2.18. The molecule has 348 valence electrons. The van der Waals surface area contributed by atoms with Gasteiger partial charge in [0.1, 0.15) is 6.61 Å². The molecule has 0 heterocycles. The second kappa shape index (κ2) is 51.0. The monoisotopic (exact) mass is 839 g/mol. The van der Waals surface area contributed by atoms with Gasteiger partial charge in [-0.25, -0.2) is 0 Å². The summed E-state index contributed by atoms with van der Waals surface area (Å²) in [6.45, 7) is 7.68. The molecule has 5 nitrogen and oxygen atoms in total. The molecule has 0 aliphatic rings. The molecule has 0 radical (unpaired) electrons. The van der Waals surface area contributed by atoms with E-state index in [1.807, 2.05) is 0 Å². The zero-order valence-electron chi connectivity index (χ0n) is 40.0. The minimum Gasteiger partial charge on any atom is -0.462 e. The van der Waals surface area contributed by atoms with Gasteiger partial charge in [-0.2, -0.15) is 0 Å². The van der Waals surface area contributed by atoms with E-state index in [1.165, 1.54) is 141 Å². The average Bonchev–Trinajstić information content (AvgIpc) is 3.25. The van der Waals surface area contributed by atoms with Crippen LogP contribution in [-0.2, 0) is 23.8 Å². The van der Waals surface area contributed by atoms with Gasteiger partial charge >= 0.3 is 11.9 Å². The van der Waals surface area contributed by atoms with E-state index in [9.17, 15) is 9.59 Å². The molecule has 0 aliphatic heterocycles. The number of rotatable bonds is 47. The van der Waals surface area contributed by atoms with E-state index >= 15 is 0 Å². The van der Waals surface area contributed by atoms with Crippen LogP contribution in [0.15, 0.2) is 60.8 Å². The number of allylic oxidation sites excluding steroid dienone is 10. The number of esters is 2. The Labute approximate surface area is 373 Å². The first-order valence-corrected chi connectivity index (χ1v) is 25.8. The Hall–Kier alpha value is -2.40. The number of ether oxygens (including phenoxy) is 3. The van der Waals surface area contributed by atoms with Gasteiger partial charge in [0.2, 0.25) is 0 Å². The van der Waals surface area contributed by atoms with Gasteiger partial charge in [0.25, 0.3) is 0 Å². The molecule has 0 aromatic rings. The Bertz CT molecular complexity index is 1040. The molecule has 1 atom stereocenters. The lowest BCUT2D eigenvalue weighted by Crippen LogP contribution is -2.30. The van der Waals surface area contributed by atoms with Crippen molar-refractivity contribution in [1.29, 1.82) is 0 Å². The summed E-state index contributed by atoms with van der Waals surface area (Å²) in [4.78, 5) is 25.3. The van der Waals surface area contributed by atoms with Gasteiger partial charge in [-0.05, 0) is 64.2 Å². The molecule has 0 N–H and O–H groups in total. The Morgan fingerprint density at radius 3 is 1.20 bits per heavy atom. The van der Waals surface area contributed by atoms with Crippen LogP contribution in [0, 0.1) is 0 Å². The molecule has 0 rings (SSSR count). The zero-order chi connectivity index (χ0) is 43.5. The van der Waals surface area contributed by atoms with Gasteiger partial charge in [0.15, 0.2) is 6.10 Å². The van der Waals surface area contributed by atoms with Gasteiger partial charge in [0.05, 0.1) is 6.61 Å². The van der Waals surface area contributed by atoms with Crippen LogP contribution in [0.2, 0.25) is 0 Å². The molecule has 1 unspecified atom stereocenters. The fraction of sp³-hybridized carbons (Fsp3) is 0.782. The van der Waals surface area contributed by atoms with Crippen molar-refractivity contribution in [3.63, 3.8) is 0 Å². The molecule has 0 saturated carbocycles. The van der Waals surface area contributed by atoms with E-state index in [0.29, 0.717) is 19.4 Å². The maximum Gasteiger partial charge on any atom is 0.306 e. The maximum absolute atomic E-state index is 12.8. The molecule has 0 aromatic heterocycles. The van der Waals surface area contributed by atoms with Crippen molar-refractivity contribution in [1.82, 2.24) is 0 Å². The van der Waals surface area contributed by atoms with Crippen molar-refractivity contribution in [3.05, 3.63) is 60.8 Å². The largest absolute Gasteiger partial charge is 0.462 e. The number of carbonyl (C=O) groups is 2. The lowest BCUT2D eigenvalue weighted by molar-refractivity contribution is -0.163. The summed E-state index contributed by atoms with van der Waals surface area (Å²) in [6, 6.07) is 0. The third-order valence-electron chi connectivity index (χ3n) is 11.1. The highest BCUT2D eigenvalue weighted by Crippen LogP contribution is 2.15. The van der Waals surface area contributed by atoms with Crippen molar-refractivity contribution in [3.8, 4) is 0 Å². The summed E-state index contributed by atoms with van der Waals surface area (Å²) < 4.78 is 17.4. The van der Waals surface area contributed by atoms with E-state index < -0.39 is 6.10 Å². The molecular formula is C55H98O5. The standard InChI is InChI=1S/C55H98O5/c1-4-7-10-13-16-19-22-24-25-26-27-28-29-30-32-35-38-41-44-47-50-58-51-53(60-55(57)49-46-43-40-37-33-21-18-15-12-9-6-3)52-59-54(56)48-45-42-39-36-34-31-23-20-17-14-11-8-5-2/h7,10,16,19,24-25,27-28,30,32,53H,4-6,8-9,11-15,17-18,20-23,26,29,31,33-52H2,1-3H3/b10-7-,19-16-,25-24-,28-27-,32-30-. The second-order valence-corrected chi connectivity index (χ2v) is 17.1. The van der Waals surface area contributed by atoms with Crippen LogP contribution in [0.4, 0.5) is 0 Å². The Kier molecular flexibility index (Phi) is 48.9. The number of carbonyl (C=O) groups excluding carboxylic acids is 2. The highest BCUT2D eigenvalue weighted by molar-refractivity contribution is 5.70. The smallest absolute Gasteiger partial charge is 0.306 e. The third-order valence-corrected chi connectivity index (χ3v) is 11.1. The topological polar surface area (TPSA) is 61.8 Å². The number of unbranched alkanes of at least 4 members (excludes halogenated alkanes) is 26. The highest BCUT2D eigenvalue weighted by Gasteiger charge is 2.17. The van der Waals surface area contributed by atoms with Crippen molar-refractivity contribution < 1.29 is 23.8 Å². The van der Waals surface area contributed by atoms with Gasteiger partial charge in [-0.1, -0.05) is 236 Å². The van der Waals surface area contributed by atoms with E-state index in [0.717, 1.165) is 77.0 Å². The van der Waals surface area contributed by atoms with Gasteiger partial charge in [-0.3, -0.25) is 9.59 Å². The molecular weight excluding hydrogens is 741 g/mol. The first kappa shape index (κ1) is 57.6. The fourth-order valence-corrected chi connectivity index (χ4v) is 7.24. The van der Waals surface area contributed by atoms with Crippen LogP contribution in [-0.4, -0.2) is 37.9 Å². The lowest BCUT2D eigenvalue weighted by atomic mass is 10.0. The number of hydrogen-bond acceptors (Lipinski definition) is 5. The van der Waals surface area contributed by atoms with Crippen molar-refractivity contribution in [2.24, 2.45) is 0 Å². The second-order valence-electron chi connectivity index (χ2n) is 17.1. The predicted molar refractivity (Wildman–Crippen MR) is 261 cm³/mol. The molecule has 0 fully saturated rings. The first-order chi connectivity index (χ1) is 29.6. The normalized spacial score (nSPS) is 12.7. The maximum atomic E-state index is 12.8. The summed E-state index contributed by atoms with van der Waals surface area (Å²) in [5, 5.41) is 0. The molecule has 0 bridgehead atoms. The van der Waals surface area contributed by atoms with E-state index in [4.69, 9.17) is 14.2 Å². The summed E-state index contributed by atoms with van der Waals surface area (Å²) in [7, 11) is 0. The molecule has 60 heavy (non-hydrogen) atoms. The summed E-state index contributed by atoms with van der Waals surface area (Å²) in [6.07, 6.45) is 63.7. The Morgan fingerprint density at radius 2 is 0.750 bits per heavy atom. The van der Waals surface area contributed by atoms with E-state index in [-0.39, 0.29) is 25.2 Å². The van der Waals surface area contributed by atoms with Gasteiger partial charge < -0.3 is 14.2 Å². The molecule has 0 aromatic carbocycles. The van der Waals surface area contributed by atoms with Crippen molar-refractivity contribution in [2.45, 2.75) is 258 Å². The quantitative estimate of drug-likeness (QED) is 0.0347. The highest BCUT2D eigenvalue weighted by atomic mass is 16.6. The summed E-state index contributed by atoms with van der Waals surface area (Å²) in [5.74, 6) is -0.404. The minimum absolute atomic E-state index is 0.0779. The van der Waals surface area contributed by atoms with Crippen LogP contribution in [0.3, 0.4) is 0 Å². The summed E-state index contributed by atoms with van der Waals surface area (Å²) >= 11 is 0. The minimum atomic E-state index is -0.545. The van der Waals surface area contributed by atoms with Crippen molar-refractivity contribution >= 4 is 11.9 Å². The van der Waals surface area contributed by atoms with Crippen LogP contribution in [0.1, 0.15) is 252 Å². The average molecular weight is 839 g/mol. The fourth-order valence-electron chi connectivity index (χ4n) is 7.24. The predicted octanol–water partition coefficient (Wildman–Crippen LogP) is 17.3. The van der Waals surface area contributed by atoms with Crippen molar-refractivity contribution in [2.75, 3.05) is 19.8 Å². The summed E-state index contributed by atoms with van der Waals surface area (Å²) in [5.41, 5.74) is 0. The third kappa shape index (κ3) is 48.3. The Balaban J connectivity index is 4.27.